The molecule has 16 heavy (non-hydrogen) atoms. The zero-order valence-corrected chi connectivity index (χ0v) is 8.83. The predicted molar refractivity (Wildman–Crippen MR) is 51.6 cm³/mol. The third-order valence-electron chi connectivity index (χ3n) is 2.08. The van der Waals surface area contributed by atoms with Gasteiger partial charge in [0.05, 0.1) is 23.7 Å². The quantitative estimate of drug-likeness (QED) is 0.870. The minimum atomic E-state index is -4.17. The molecule has 0 amide bonds. The molecule has 0 aliphatic heterocycles. The van der Waals surface area contributed by atoms with Gasteiger partial charge in [-0.05, 0) is 19.8 Å². The summed E-state index contributed by atoms with van der Waals surface area (Å²) in [6, 6.07) is 0. The van der Waals surface area contributed by atoms with E-state index in [1.54, 1.807) is 6.92 Å². The van der Waals surface area contributed by atoms with Crippen LogP contribution in [0.5, 0.6) is 0 Å². The molecule has 1 rings (SSSR count). The summed E-state index contributed by atoms with van der Waals surface area (Å²) in [5.74, 6) is 0. The summed E-state index contributed by atoms with van der Waals surface area (Å²) in [5, 5.41) is 9.54. The first-order valence-electron chi connectivity index (χ1n) is 4.92. The van der Waals surface area contributed by atoms with Gasteiger partial charge in [0.2, 0.25) is 0 Å². The molecule has 1 atom stereocenters. The van der Waals surface area contributed by atoms with Gasteiger partial charge >= 0.3 is 6.18 Å². The molecule has 6 heteroatoms. The van der Waals surface area contributed by atoms with Crippen LogP contribution in [0, 0.1) is 6.92 Å². The van der Waals surface area contributed by atoms with Gasteiger partial charge in [-0.1, -0.05) is 0 Å². The van der Waals surface area contributed by atoms with Gasteiger partial charge in [-0.15, -0.1) is 0 Å². The highest BCUT2D eigenvalue weighted by Gasteiger charge is 2.26. The van der Waals surface area contributed by atoms with Gasteiger partial charge in [0, 0.05) is 12.6 Å². The largest absolute Gasteiger partial charge is 0.389 e. The molecule has 90 valence electrons. The highest BCUT2D eigenvalue weighted by Crippen LogP contribution is 2.25. The molecule has 1 unspecified atom stereocenters. The van der Waals surface area contributed by atoms with Crippen LogP contribution in [0.4, 0.5) is 13.2 Å². The summed E-state index contributed by atoms with van der Waals surface area (Å²) in [6.07, 6.45) is -3.24. The topological polar surface area (TPSA) is 46.0 Å². The molecular weight excluding hydrogens is 221 g/mol. The Morgan fingerprint density at radius 3 is 2.50 bits per heavy atom. The van der Waals surface area contributed by atoms with Gasteiger partial charge in [0.15, 0.2) is 0 Å². The number of halogens is 3. The summed E-state index contributed by atoms with van der Waals surface area (Å²) in [5.41, 5.74) is 1.01. The molecule has 0 aromatic carbocycles. The lowest BCUT2D eigenvalue weighted by molar-refractivity contribution is -0.136. The normalized spacial score (nSPS) is 13.8. The van der Waals surface area contributed by atoms with Crippen LogP contribution in [-0.2, 0) is 0 Å². The van der Waals surface area contributed by atoms with Crippen molar-refractivity contribution in [3.8, 4) is 0 Å². The van der Waals surface area contributed by atoms with Crippen molar-refractivity contribution in [2.75, 3.05) is 0 Å². The number of hydrogen-bond acceptors (Lipinski definition) is 3. The summed E-state index contributed by atoms with van der Waals surface area (Å²) < 4.78 is 35.6. The highest BCUT2D eigenvalue weighted by atomic mass is 19.4. The maximum atomic E-state index is 11.9. The molecule has 0 saturated heterocycles. The number of rotatable bonds is 4. The Bertz CT molecular complexity index is 324. The Balaban J connectivity index is 2.41. The maximum Gasteiger partial charge on any atom is 0.389 e. The first-order chi connectivity index (χ1) is 7.38. The minimum absolute atomic E-state index is 0.0389. The number of alkyl halides is 3. The summed E-state index contributed by atoms with van der Waals surface area (Å²) in [4.78, 5) is 7.81. The van der Waals surface area contributed by atoms with E-state index in [1.165, 1.54) is 12.4 Å². The van der Waals surface area contributed by atoms with E-state index in [0.717, 1.165) is 0 Å². The number of aliphatic hydroxyl groups excluding tert-OH is 1. The van der Waals surface area contributed by atoms with Crippen LogP contribution in [0.1, 0.15) is 36.8 Å². The van der Waals surface area contributed by atoms with Gasteiger partial charge in [0.1, 0.15) is 0 Å². The van der Waals surface area contributed by atoms with Crippen molar-refractivity contribution in [2.24, 2.45) is 0 Å². The lowest BCUT2D eigenvalue weighted by Gasteiger charge is -2.10. The standard InChI is InChI=1S/C10H13F3N2O/c1-7-5-15-8(6-14-7)9(16)3-2-4-10(11,12)13/h5-6,9,16H,2-4H2,1H3. The van der Waals surface area contributed by atoms with Crippen LogP contribution < -0.4 is 0 Å². The first-order valence-corrected chi connectivity index (χ1v) is 4.92. The van der Waals surface area contributed by atoms with Crippen LogP contribution in [-0.4, -0.2) is 21.3 Å². The van der Waals surface area contributed by atoms with E-state index in [0.29, 0.717) is 11.4 Å². The summed E-state index contributed by atoms with van der Waals surface area (Å²) >= 11 is 0. The third-order valence-corrected chi connectivity index (χ3v) is 2.08. The Morgan fingerprint density at radius 1 is 1.31 bits per heavy atom. The van der Waals surface area contributed by atoms with Crippen LogP contribution in [0.15, 0.2) is 12.4 Å². The zero-order chi connectivity index (χ0) is 12.2. The summed E-state index contributed by atoms with van der Waals surface area (Å²) in [7, 11) is 0. The molecule has 1 N–H and O–H groups in total. The van der Waals surface area contributed by atoms with Gasteiger partial charge in [-0.25, -0.2) is 0 Å². The molecule has 0 spiro atoms. The second-order valence-corrected chi connectivity index (χ2v) is 3.61. The fourth-order valence-electron chi connectivity index (χ4n) is 1.22. The molecule has 1 aromatic heterocycles. The van der Waals surface area contributed by atoms with Crippen LogP contribution in [0.2, 0.25) is 0 Å². The highest BCUT2D eigenvalue weighted by molar-refractivity contribution is 5.03. The lowest BCUT2D eigenvalue weighted by Crippen LogP contribution is -2.08. The SMILES string of the molecule is Cc1cnc(C(O)CCCC(F)(F)F)cn1. The van der Waals surface area contributed by atoms with Gasteiger partial charge in [0.25, 0.3) is 0 Å². The third kappa shape index (κ3) is 4.57. The van der Waals surface area contributed by atoms with Gasteiger partial charge < -0.3 is 5.11 Å². The van der Waals surface area contributed by atoms with Gasteiger partial charge in [-0.3, -0.25) is 9.97 Å². The molecule has 3 nitrogen and oxygen atoms in total. The van der Waals surface area contributed by atoms with Crippen molar-refractivity contribution < 1.29 is 18.3 Å². The number of aliphatic hydroxyl groups is 1. The number of aryl methyl sites for hydroxylation is 1. The smallest absolute Gasteiger partial charge is 0.387 e. The van der Waals surface area contributed by atoms with Crippen LogP contribution >= 0.6 is 0 Å². The molecule has 1 heterocycles. The maximum absolute atomic E-state index is 11.9. The van der Waals surface area contributed by atoms with Crippen molar-refractivity contribution in [3.63, 3.8) is 0 Å². The fourth-order valence-corrected chi connectivity index (χ4v) is 1.22. The Morgan fingerprint density at radius 2 is 2.00 bits per heavy atom. The summed E-state index contributed by atoms with van der Waals surface area (Å²) in [6.45, 7) is 1.74. The van der Waals surface area contributed by atoms with Crippen molar-refractivity contribution in [3.05, 3.63) is 23.8 Å². The molecule has 1 aromatic rings. The fraction of sp³-hybridized carbons (Fsp3) is 0.600. The van der Waals surface area contributed by atoms with Crippen LogP contribution in [0.25, 0.3) is 0 Å². The van der Waals surface area contributed by atoms with Crippen molar-refractivity contribution in [2.45, 2.75) is 38.5 Å². The Kier molecular flexibility index (Phi) is 4.23. The van der Waals surface area contributed by atoms with Crippen LogP contribution in [0.3, 0.4) is 0 Å². The lowest BCUT2D eigenvalue weighted by atomic mass is 10.1. The van der Waals surface area contributed by atoms with E-state index in [4.69, 9.17) is 0 Å². The number of aromatic nitrogens is 2. The second-order valence-electron chi connectivity index (χ2n) is 3.61. The average Bonchev–Trinajstić information content (AvgIpc) is 2.16. The van der Waals surface area contributed by atoms with Crippen molar-refractivity contribution >= 4 is 0 Å². The molecule has 0 fully saturated rings. The van der Waals surface area contributed by atoms with Crippen molar-refractivity contribution in [1.29, 1.82) is 0 Å². The minimum Gasteiger partial charge on any atom is -0.387 e. The molecular formula is C10H13F3N2O. The molecule has 0 aliphatic rings. The van der Waals surface area contributed by atoms with E-state index >= 15 is 0 Å². The van der Waals surface area contributed by atoms with Gasteiger partial charge in [-0.2, -0.15) is 13.2 Å². The molecule has 0 radical (unpaired) electrons. The van der Waals surface area contributed by atoms with E-state index < -0.39 is 18.7 Å². The monoisotopic (exact) mass is 234 g/mol. The second kappa shape index (κ2) is 5.25. The number of nitrogens with zero attached hydrogens (tertiary/aromatic N) is 2. The molecule has 0 bridgehead atoms. The number of hydrogen-bond donors (Lipinski definition) is 1. The van der Waals surface area contributed by atoms with E-state index in [1.807, 2.05) is 0 Å². The Labute approximate surface area is 91.4 Å². The predicted octanol–water partition coefficient (Wildman–Crippen LogP) is 2.55. The van der Waals surface area contributed by atoms with Crippen molar-refractivity contribution in [1.82, 2.24) is 9.97 Å². The van der Waals surface area contributed by atoms with E-state index in [-0.39, 0.29) is 12.8 Å². The Hall–Kier alpha value is -1.17. The average molecular weight is 234 g/mol. The first kappa shape index (κ1) is 12.9. The molecule has 0 aliphatic carbocycles. The van der Waals surface area contributed by atoms with E-state index in [2.05, 4.69) is 9.97 Å². The molecule has 0 saturated carbocycles. The zero-order valence-electron chi connectivity index (χ0n) is 8.83. The van der Waals surface area contributed by atoms with E-state index in [9.17, 15) is 18.3 Å².